The normalized spacial score (nSPS) is 13.6. The molecule has 0 aliphatic heterocycles. The standard InChI is InChI=1S/C14H20F3NO/c1-14(2,3)6-10(19)8-18-7-9-4-12(16)13(17)5-11(9)15/h4-5,10,18-19H,6-8H2,1-3H3. The summed E-state index contributed by atoms with van der Waals surface area (Å²) in [5.74, 6) is -3.07. The Morgan fingerprint density at radius 2 is 1.68 bits per heavy atom. The van der Waals surface area contributed by atoms with Gasteiger partial charge in [0.25, 0.3) is 0 Å². The van der Waals surface area contributed by atoms with Crippen molar-refractivity contribution in [2.45, 2.75) is 39.8 Å². The van der Waals surface area contributed by atoms with Crippen molar-refractivity contribution in [1.29, 1.82) is 0 Å². The largest absolute Gasteiger partial charge is 0.392 e. The molecule has 0 aliphatic carbocycles. The summed E-state index contributed by atoms with van der Waals surface area (Å²) in [6, 6.07) is 1.35. The van der Waals surface area contributed by atoms with Crippen molar-refractivity contribution in [2.24, 2.45) is 5.41 Å². The average molecular weight is 275 g/mol. The van der Waals surface area contributed by atoms with Crippen molar-refractivity contribution in [3.63, 3.8) is 0 Å². The van der Waals surface area contributed by atoms with Crippen molar-refractivity contribution in [1.82, 2.24) is 5.32 Å². The molecule has 0 aromatic heterocycles. The van der Waals surface area contributed by atoms with E-state index in [0.29, 0.717) is 12.5 Å². The highest BCUT2D eigenvalue weighted by Gasteiger charge is 2.16. The summed E-state index contributed by atoms with van der Waals surface area (Å²) in [5, 5.41) is 12.6. The fraction of sp³-hybridized carbons (Fsp3) is 0.571. The Kier molecular flexibility index (Phi) is 5.38. The average Bonchev–Trinajstić information content (AvgIpc) is 2.22. The molecule has 2 N–H and O–H groups in total. The van der Waals surface area contributed by atoms with E-state index in [1.165, 1.54) is 0 Å². The Hall–Kier alpha value is -1.07. The lowest BCUT2D eigenvalue weighted by Crippen LogP contribution is -2.30. The van der Waals surface area contributed by atoms with E-state index >= 15 is 0 Å². The highest BCUT2D eigenvalue weighted by molar-refractivity contribution is 5.19. The fourth-order valence-electron chi connectivity index (χ4n) is 1.85. The minimum absolute atomic E-state index is 0.00562. The summed E-state index contributed by atoms with van der Waals surface area (Å²) in [4.78, 5) is 0. The second kappa shape index (κ2) is 6.39. The van der Waals surface area contributed by atoms with Gasteiger partial charge in [-0.1, -0.05) is 20.8 Å². The highest BCUT2D eigenvalue weighted by atomic mass is 19.2. The second-order valence-corrected chi connectivity index (χ2v) is 5.91. The van der Waals surface area contributed by atoms with E-state index in [9.17, 15) is 18.3 Å². The maximum Gasteiger partial charge on any atom is 0.161 e. The van der Waals surface area contributed by atoms with Crippen LogP contribution in [0.15, 0.2) is 12.1 Å². The van der Waals surface area contributed by atoms with Crippen molar-refractivity contribution in [3.8, 4) is 0 Å². The van der Waals surface area contributed by atoms with E-state index in [1.54, 1.807) is 0 Å². The molecule has 0 bridgehead atoms. The Labute approximate surface area is 111 Å². The quantitative estimate of drug-likeness (QED) is 0.810. The SMILES string of the molecule is CC(C)(C)CC(O)CNCc1cc(F)c(F)cc1F. The van der Waals surface area contributed by atoms with Gasteiger partial charge in [-0.05, 0) is 17.9 Å². The predicted molar refractivity (Wildman–Crippen MR) is 68.1 cm³/mol. The monoisotopic (exact) mass is 275 g/mol. The molecule has 1 aromatic carbocycles. The number of rotatable bonds is 5. The summed E-state index contributed by atoms with van der Waals surface area (Å²) in [6.07, 6.45) is 0.0358. The number of hydrogen-bond acceptors (Lipinski definition) is 2. The van der Waals surface area contributed by atoms with E-state index in [2.05, 4.69) is 5.32 Å². The molecule has 0 radical (unpaired) electrons. The van der Waals surface area contributed by atoms with Gasteiger partial charge in [0, 0.05) is 24.7 Å². The van der Waals surface area contributed by atoms with Crippen molar-refractivity contribution < 1.29 is 18.3 Å². The minimum Gasteiger partial charge on any atom is -0.392 e. The van der Waals surface area contributed by atoms with Crippen LogP contribution < -0.4 is 5.32 Å². The molecule has 0 saturated carbocycles. The van der Waals surface area contributed by atoms with Crippen molar-refractivity contribution in [2.75, 3.05) is 6.54 Å². The zero-order chi connectivity index (χ0) is 14.6. The molecule has 0 fully saturated rings. The number of benzene rings is 1. The van der Waals surface area contributed by atoms with Crippen molar-refractivity contribution in [3.05, 3.63) is 35.1 Å². The first-order chi connectivity index (χ1) is 8.69. The second-order valence-electron chi connectivity index (χ2n) is 5.91. The molecule has 108 valence electrons. The van der Waals surface area contributed by atoms with E-state index in [-0.39, 0.29) is 24.1 Å². The lowest BCUT2D eigenvalue weighted by Gasteiger charge is -2.22. The lowest BCUT2D eigenvalue weighted by molar-refractivity contribution is 0.119. The van der Waals surface area contributed by atoms with Crippen LogP contribution in [0.5, 0.6) is 0 Å². The molecule has 19 heavy (non-hydrogen) atoms. The van der Waals surface area contributed by atoms with Gasteiger partial charge in [0.15, 0.2) is 11.6 Å². The van der Waals surface area contributed by atoms with Crippen LogP contribution in [0.1, 0.15) is 32.8 Å². The van der Waals surface area contributed by atoms with Crippen LogP contribution >= 0.6 is 0 Å². The third kappa shape index (κ3) is 5.61. The topological polar surface area (TPSA) is 32.3 Å². The van der Waals surface area contributed by atoms with Gasteiger partial charge in [-0.25, -0.2) is 13.2 Å². The van der Waals surface area contributed by atoms with Crippen LogP contribution in [0.2, 0.25) is 0 Å². The molecule has 1 aromatic rings. The number of aliphatic hydroxyl groups excluding tert-OH is 1. The van der Waals surface area contributed by atoms with Crippen LogP contribution in [-0.4, -0.2) is 17.8 Å². The Bertz CT molecular complexity index is 429. The van der Waals surface area contributed by atoms with E-state index < -0.39 is 23.6 Å². The number of halogens is 3. The fourth-order valence-corrected chi connectivity index (χ4v) is 1.85. The Morgan fingerprint density at radius 1 is 1.11 bits per heavy atom. The number of nitrogens with one attached hydrogen (secondary N) is 1. The van der Waals surface area contributed by atoms with Gasteiger partial charge in [0.05, 0.1) is 6.10 Å². The first kappa shape index (κ1) is 16.0. The molecule has 0 spiro atoms. The smallest absolute Gasteiger partial charge is 0.161 e. The van der Waals surface area contributed by atoms with Crippen LogP contribution in [-0.2, 0) is 6.54 Å². The third-order valence-electron chi connectivity index (χ3n) is 2.63. The van der Waals surface area contributed by atoms with Gasteiger partial charge in [-0.2, -0.15) is 0 Å². The molecule has 1 unspecified atom stereocenters. The van der Waals surface area contributed by atoms with E-state index in [1.807, 2.05) is 20.8 Å². The lowest BCUT2D eigenvalue weighted by atomic mass is 9.89. The molecule has 0 heterocycles. The maximum absolute atomic E-state index is 13.3. The summed E-state index contributed by atoms with van der Waals surface area (Å²) in [6.45, 7) is 6.33. The first-order valence-corrected chi connectivity index (χ1v) is 6.21. The van der Waals surface area contributed by atoms with Crippen LogP contribution in [0, 0.1) is 22.9 Å². The van der Waals surface area contributed by atoms with Crippen LogP contribution in [0.3, 0.4) is 0 Å². The van der Waals surface area contributed by atoms with E-state index in [0.717, 1.165) is 6.07 Å². The summed E-state index contributed by atoms with van der Waals surface area (Å²) in [7, 11) is 0. The minimum atomic E-state index is -1.20. The molecule has 0 saturated heterocycles. The molecule has 1 atom stereocenters. The Morgan fingerprint density at radius 3 is 2.26 bits per heavy atom. The maximum atomic E-state index is 13.3. The van der Waals surface area contributed by atoms with Crippen LogP contribution in [0.25, 0.3) is 0 Å². The van der Waals surface area contributed by atoms with Gasteiger partial charge >= 0.3 is 0 Å². The summed E-state index contributed by atoms with van der Waals surface area (Å²) in [5.41, 5.74) is 0.0378. The third-order valence-corrected chi connectivity index (χ3v) is 2.63. The molecule has 0 amide bonds. The first-order valence-electron chi connectivity index (χ1n) is 6.21. The summed E-state index contributed by atoms with van der Waals surface area (Å²) < 4.78 is 39.0. The van der Waals surface area contributed by atoms with Crippen LogP contribution in [0.4, 0.5) is 13.2 Å². The molecular weight excluding hydrogens is 255 g/mol. The zero-order valence-corrected chi connectivity index (χ0v) is 11.4. The van der Waals surface area contributed by atoms with Gasteiger partial charge in [-0.15, -0.1) is 0 Å². The van der Waals surface area contributed by atoms with E-state index in [4.69, 9.17) is 0 Å². The number of hydrogen-bond donors (Lipinski definition) is 2. The van der Waals surface area contributed by atoms with Gasteiger partial charge in [0.1, 0.15) is 5.82 Å². The predicted octanol–water partition coefficient (Wildman–Crippen LogP) is 2.99. The molecular formula is C14H20F3NO. The molecule has 2 nitrogen and oxygen atoms in total. The molecule has 0 aliphatic rings. The van der Waals surface area contributed by atoms with Gasteiger partial charge in [0.2, 0.25) is 0 Å². The molecule has 5 heteroatoms. The van der Waals surface area contributed by atoms with Crippen molar-refractivity contribution >= 4 is 0 Å². The highest BCUT2D eigenvalue weighted by Crippen LogP contribution is 2.20. The Balaban J connectivity index is 2.48. The molecule has 1 rings (SSSR count). The van der Waals surface area contributed by atoms with Gasteiger partial charge < -0.3 is 10.4 Å². The summed E-state index contributed by atoms with van der Waals surface area (Å²) >= 11 is 0. The van der Waals surface area contributed by atoms with Gasteiger partial charge in [-0.3, -0.25) is 0 Å². The zero-order valence-electron chi connectivity index (χ0n) is 11.4. The number of aliphatic hydroxyl groups is 1.